The summed E-state index contributed by atoms with van der Waals surface area (Å²) in [5, 5.41) is 0. The van der Waals surface area contributed by atoms with Crippen molar-refractivity contribution in [3.05, 3.63) is 29.8 Å². The molecule has 1 aliphatic rings. The summed E-state index contributed by atoms with van der Waals surface area (Å²) in [4.78, 5) is 0. The molecule has 0 saturated heterocycles. The van der Waals surface area contributed by atoms with Gasteiger partial charge in [0.25, 0.3) is 0 Å². The molecule has 0 unspecified atom stereocenters. The number of hydrogen-bond acceptors (Lipinski definition) is 1. The summed E-state index contributed by atoms with van der Waals surface area (Å²) in [6, 6.07) is 8.62. The fourth-order valence-electron chi connectivity index (χ4n) is 2.86. The summed E-state index contributed by atoms with van der Waals surface area (Å²) in [6.45, 7) is 3.10. The lowest BCUT2D eigenvalue weighted by Gasteiger charge is -2.21. The van der Waals surface area contributed by atoms with Crippen molar-refractivity contribution in [3.8, 4) is 5.75 Å². The van der Waals surface area contributed by atoms with Crippen molar-refractivity contribution < 1.29 is 4.74 Å². The summed E-state index contributed by atoms with van der Waals surface area (Å²) in [5.74, 6) is 1.95. The van der Waals surface area contributed by atoms with Crippen molar-refractivity contribution in [2.75, 3.05) is 6.61 Å². The van der Waals surface area contributed by atoms with Crippen LogP contribution >= 0.6 is 0 Å². The normalized spacial score (nSPS) is 16.7. The maximum atomic E-state index is 5.84. The van der Waals surface area contributed by atoms with Gasteiger partial charge < -0.3 is 4.74 Å². The lowest BCUT2D eigenvalue weighted by molar-refractivity contribution is 0.246. The number of aryl methyl sites for hydroxylation is 1. The van der Waals surface area contributed by atoms with Crippen LogP contribution in [0.1, 0.15) is 57.4 Å². The Kier molecular flexibility index (Phi) is 5.57. The second-order valence-electron chi connectivity index (χ2n) is 5.54. The molecule has 0 bridgehead atoms. The van der Waals surface area contributed by atoms with Gasteiger partial charge in [-0.3, -0.25) is 0 Å². The van der Waals surface area contributed by atoms with E-state index < -0.39 is 0 Å². The van der Waals surface area contributed by atoms with Crippen LogP contribution in [0.4, 0.5) is 0 Å². The van der Waals surface area contributed by atoms with Crippen molar-refractivity contribution >= 4 is 0 Å². The van der Waals surface area contributed by atoms with Gasteiger partial charge in [0.15, 0.2) is 0 Å². The highest BCUT2D eigenvalue weighted by Gasteiger charge is 2.12. The third-order valence-corrected chi connectivity index (χ3v) is 3.98. The first-order chi connectivity index (χ1) is 8.88. The minimum absolute atomic E-state index is 0.887. The fourth-order valence-corrected chi connectivity index (χ4v) is 2.86. The molecule has 1 aromatic carbocycles. The van der Waals surface area contributed by atoms with Crippen molar-refractivity contribution in [1.82, 2.24) is 0 Å². The Morgan fingerprint density at radius 3 is 2.44 bits per heavy atom. The summed E-state index contributed by atoms with van der Waals surface area (Å²) in [7, 11) is 0. The summed E-state index contributed by atoms with van der Waals surface area (Å²) >= 11 is 0. The van der Waals surface area contributed by atoms with Gasteiger partial charge in [-0.05, 0) is 36.5 Å². The zero-order valence-corrected chi connectivity index (χ0v) is 11.7. The molecule has 1 aromatic rings. The Balaban J connectivity index is 1.69. The van der Waals surface area contributed by atoms with Gasteiger partial charge in [0, 0.05) is 0 Å². The summed E-state index contributed by atoms with van der Waals surface area (Å²) in [6.07, 6.45) is 10.7. The first-order valence-corrected chi connectivity index (χ1v) is 7.60. The molecule has 1 aliphatic carbocycles. The smallest absolute Gasteiger partial charge is 0.119 e. The Hall–Kier alpha value is -0.980. The highest BCUT2D eigenvalue weighted by atomic mass is 16.5. The largest absolute Gasteiger partial charge is 0.494 e. The first-order valence-electron chi connectivity index (χ1n) is 7.60. The standard InChI is InChI=1S/C17H26O/c1-2-6-15-9-11-17(12-10-15)18-14-13-16-7-4-3-5-8-16/h9-12,16H,2-8,13-14H2,1H3. The van der Waals surface area contributed by atoms with Crippen LogP contribution < -0.4 is 4.74 Å². The van der Waals surface area contributed by atoms with Crippen LogP contribution in [0.3, 0.4) is 0 Å². The third-order valence-electron chi connectivity index (χ3n) is 3.98. The van der Waals surface area contributed by atoms with Crippen LogP contribution in [0.25, 0.3) is 0 Å². The van der Waals surface area contributed by atoms with Gasteiger partial charge in [0.1, 0.15) is 5.75 Å². The number of rotatable bonds is 6. The van der Waals surface area contributed by atoms with Crippen LogP contribution in [-0.2, 0) is 6.42 Å². The van der Waals surface area contributed by atoms with E-state index in [1.165, 1.54) is 56.9 Å². The van der Waals surface area contributed by atoms with Crippen LogP contribution in [0, 0.1) is 5.92 Å². The minimum atomic E-state index is 0.887. The molecule has 0 amide bonds. The Labute approximate surface area is 112 Å². The van der Waals surface area contributed by atoms with Crippen molar-refractivity contribution in [3.63, 3.8) is 0 Å². The lowest BCUT2D eigenvalue weighted by atomic mass is 9.87. The SMILES string of the molecule is CCCc1ccc(OCCC2CCCCC2)cc1. The van der Waals surface area contributed by atoms with E-state index in [9.17, 15) is 0 Å². The van der Waals surface area contributed by atoms with E-state index in [0.29, 0.717) is 0 Å². The van der Waals surface area contributed by atoms with E-state index >= 15 is 0 Å². The number of hydrogen-bond donors (Lipinski definition) is 0. The van der Waals surface area contributed by atoms with Gasteiger partial charge in [-0.15, -0.1) is 0 Å². The van der Waals surface area contributed by atoms with E-state index in [-0.39, 0.29) is 0 Å². The van der Waals surface area contributed by atoms with E-state index in [1.807, 2.05) is 0 Å². The van der Waals surface area contributed by atoms with Gasteiger partial charge in [-0.2, -0.15) is 0 Å². The predicted octanol–water partition coefficient (Wildman–Crippen LogP) is 4.99. The molecule has 1 heteroatoms. The average molecular weight is 246 g/mol. The lowest BCUT2D eigenvalue weighted by Crippen LogP contribution is -2.10. The predicted molar refractivity (Wildman–Crippen MR) is 77.1 cm³/mol. The molecule has 0 N–H and O–H groups in total. The van der Waals surface area contributed by atoms with Gasteiger partial charge in [0.2, 0.25) is 0 Å². The molecule has 0 heterocycles. The monoisotopic (exact) mass is 246 g/mol. The molecule has 0 atom stereocenters. The highest BCUT2D eigenvalue weighted by molar-refractivity contribution is 5.27. The summed E-state index contributed by atoms with van der Waals surface area (Å²) in [5.41, 5.74) is 1.41. The zero-order valence-electron chi connectivity index (χ0n) is 11.7. The maximum Gasteiger partial charge on any atom is 0.119 e. The molecule has 1 saturated carbocycles. The first kappa shape index (κ1) is 13.5. The quantitative estimate of drug-likeness (QED) is 0.687. The van der Waals surface area contributed by atoms with Crippen LogP contribution in [-0.4, -0.2) is 6.61 Å². The van der Waals surface area contributed by atoms with Gasteiger partial charge in [-0.1, -0.05) is 57.6 Å². The molecular weight excluding hydrogens is 220 g/mol. The zero-order chi connectivity index (χ0) is 12.6. The fraction of sp³-hybridized carbons (Fsp3) is 0.647. The van der Waals surface area contributed by atoms with E-state index in [0.717, 1.165) is 18.3 Å². The molecule has 1 fully saturated rings. The van der Waals surface area contributed by atoms with Crippen molar-refractivity contribution in [1.29, 1.82) is 0 Å². The van der Waals surface area contributed by atoms with E-state index in [4.69, 9.17) is 4.74 Å². The van der Waals surface area contributed by atoms with Crippen molar-refractivity contribution in [2.45, 2.75) is 58.3 Å². The second kappa shape index (κ2) is 7.45. The highest BCUT2D eigenvalue weighted by Crippen LogP contribution is 2.26. The Morgan fingerprint density at radius 2 is 1.78 bits per heavy atom. The summed E-state index contributed by atoms with van der Waals surface area (Å²) < 4.78 is 5.84. The third kappa shape index (κ3) is 4.36. The molecule has 0 spiro atoms. The number of ether oxygens (including phenoxy) is 1. The maximum absolute atomic E-state index is 5.84. The van der Waals surface area contributed by atoms with Crippen LogP contribution in [0.5, 0.6) is 5.75 Å². The molecule has 0 radical (unpaired) electrons. The molecule has 0 aliphatic heterocycles. The van der Waals surface area contributed by atoms with Crippen LogP contribution in [0.2, 0.25) is 0 Å². The molecule has 2 rings (SSSR count). The Bertz CT molecular complexity index is 322. The molecular formula is C17H26O. The minimum Gasteiger partial charge on any atom is -0.494 e. The van der Waals surface area contributed by atoms with Gasteiger partial charge >= 0.3 is 0 Å². The number of benzene rings is 1. The molecule has 0 aromatic heterocycles. The van der Waals surface area contributed by atoms with E-state index in [2.05, 4.69) is 31.2 Å². The van der Waals surface area contributed by atoms with E-state index in [1.54, 1.807) is 0 Å². The molecule has 100 valence electrons. The Morgan fingerprint density at radius 1 is 1.06 bits per heavy atom. The van der Waals surface area contributed by atoms with Gasteiger partial charge in [0.05, 0.1) is 6.61 Å². The van der Waals surface area contributed by atoms with Crippen molar-refractivity contribution in [2.24, 2.45) is 5.92 Å². The molecule has 18 heavy (non-hydrogen) atoms. The van der Waals surface area contributed by atoms with Gasteiger partial charge in [-0.25, -0.2) is 0 Å². The topological polar surface area (TPSA) is 9.23 Å². The average Bonchev–Trinajstić information content (AvgIpc) is 2.42. The second-order valence-corrected chi connectivity index (χ2v) is 5.54. The molecule has 1 nitrogen and oxygen atoms in total. The van der Waals surface area contributed by atoms with Crippen LogP contribution in [0.15, 0.2) is 24.3 Å².